The van der Waals surface area contributed by atoms with Crippen LogP contribution in [0.2, 0.25) is 0 Å². The van der Waals surface area contributed by atoms with Gasteiger partial charge in [-0.1, -0.05) is 0 Å². The van der Waals surface area contributed by atoms with Crippen LogP contribution in [0.5, 0.6) is 0 Å². The van der Waals surface area contributed by atoms with Crippen molar-refractivity contribution >= 4 is 11.7 Å². The Kier molecular flexibility index (Phi) is 3.40. The van der Waals surface area contributed by atoms with Gasteiger partial charge in [0, 0.05) is 13.1 Å². The topological polar surface area (TPSA) is 73.6 Å². The molecule has 0 atom stereocenters. The fraction of sp³-hybridized carbons (Fsp3) is 0.385. The first-order valence-electron chi connectivity index (χ1n) is 5.74. The van der Waals surface area contributed by atoms with Crippen LogP contribution >= 0.6 is 0 Å². The van der Waals surface area contributed by atoms with Crippen molar-refractivity contribution < 1.29 is 19.0 Å². The average Bonchev–Trinajstić information content (AvgIpc) is 2.33. The first-order valence-corrected chi connectivity index (χ1v) is 5.74. The van der Waals surface area contributed by atoms with E-state index in [4.69, 9.17) is 15.1 Å². The van der Waals surface area contributed by atoms with Crippen LogP contribution < -0.4 is 4.90 Å². The molecule has 0 radical (unpaired) electrons. The van der Waals surface area contributed by atoms with E-state index in [1.54, 1.807) is 6.07 Å². The van der Waals surface area contributed by atoms with E-state index in [2.05, 4.69) is 0 Å². The number of benzene rings is 1. The van der Waals surface area contributed by atoms with Crippen molar-refractivity contribution in [1.82, 2.24) is 0 Å². The highest BCUT2D eigenvalue weighted by atomic mass is 19.1. The highest BCUT2D eigenvalue weighted by molar-refractivity contribution is 5.68. The third-order valence-electron chi connectivity index (χ3n) is 3.01. The third-order valence-corrected chi connectivity index (χ3v) is 3.01. The van der Waals surface area contributed by atoms with E-state index < -0.39 is 17.4 Å². The van der Waals surface area contributed by atoms with Crippen LogP contribution in [0.1, 0.15) is 12.5 Å². The van der Waals surface area contributed by atoms with E-state index in [1.165, 1.54) is 12.1 Å². The summed E-state index contributed by atoms with van der Waals surface area (Å²) in [4.78, 5) is 12.3. The number of nitrogens with zero attached hydrogens (tertiary/aromatic N) is 2. The number of carboxylic acid groups (broad SMARTS) is 1. The third kappa shape index (κ3) is 2.83. The summed E-state index contributed by atoms with van der Waals surface area (Å²) in [5, 5.41) is 17.5. The maximum atomic E-state index is 13.0. The first-order chi connectivity index (χ1) is 8.93. The molecule has 0 spiro atoms. The minimum absolute atomic E-state index is 0.264. The van der Waals surface area contributed by atoms with Gasteiger partial charge in [0.2, 0.25) is 0 Å². The molecular weight excluding hydrogens is 251 g/mol. The largest absolute Gasteiger partial charge is 0.480 e. The molecule has 5 nitrogen and oxygen atoms in total. The van der Waals surface area contributed by atoms with Gasteiger partial charge in [0.05, 0.1) is 11.3 Å². The molecule has 100 valence electrons. The number of anilines is 1. The van der Waals surface area contributed by atoms with Gasteiger partial charge in [-0.25, -0.2) is 9.18 Å². The van der Waals surface area contributed by atoms with Crippen LogP contribution in [0.25, 0.3) is 0 Å². The Morgan fingerprint density at radius 2 is 2.32 bits per heavy atom. The Balaban J connectivity index is 2.04. The van der Waals surface area contributed by atoms with Gasteiger partial charge in [0.25, 0.3) is 0 Å². The van der Waals surface area contributed by atoms with Crippen LogP contribution in [0, 0.1) is 17.1 Å². The normalized spacial score (nSPS) is 16.6. The molecule has 1 saturated heterocycles. The van der Waals surface area contributed by atoms with Crippen LogP contribution in [-0.2, 0) is 9.53 Å². The Labute approximate surface area is 109 Å². The molecule has 0 aromatic heterocycles. The molecule has 2 rings (SSSR count). The smallest absolute Gasteiger partial charge is 0.329 e. The van der Waals surface area contributed by atoms with E-state index in [0.717, 1.165) is 0 Å². The molecular formula is C13H13FN2O3. The van der Waals surface area contributed by atoms with Gasteiger partial charge >= 0.3 is 5.97 Å². The number of ether oxygens (including phenoxy) is 1. The average molecular weight is 264 g/mol. The molecule has 0 aliphatic carbocycles. The van der Waals surface area contributed by atoms with Crippen molar-refractivity contribution in [2.75, 3.05) is 24.6 Å². The number of carboxylic acids is 1. The summed E-state index contributed by atoms with van der Waals surface area (Å²) >= 11 is 0. The molecule has 19 heavy (non-hydrogen) atoms. The lowest BCUT2D eigenvalue weighted by atomic mass is 9.94. The SMILES string of the molecule is CC1(OCC(=O)O)CN(c2ccc(F)cc2C#N)C1. The molecule has 1 aliphatic rings. The first kappa shape index (κ1) is 13.3. The zero-order valence-corrected chi connectivity index (χ0v) is 10.4. The van der Waals surface area contributed by atoms with Gasteiger partial charge in [-0.2, -0.15) is 5.26 Å². The Bertz CT molecular complexity index is 547. The Morgan fingerprint density at radius 1 is 1.63 bits per heavy atom. The Hall–Kier alpha value is -2.13. The van der Waals surface area contributed by atoms with Gasteiger partial charge in [-0.3, -0.25) is 0 Å². The highest BCUT2D eigenvalue weighted by Crippen LogP contribution is 2.32. The number of rotatable bonds is 4. The standard InChI is InChI=1S/C13H13FN2O3/c1-13(19-6-12(17)18)7-16(8-13)11-3-2-10(14)4-9(11)5-15/h2-4H,6-8H2,1H3,(H,17,18). The highest BCUT2D eigenvalue weighted by Gasteiger charge is 2.41. The minimum Gasteiger partial charge on any atom is -0.480 e. The number of hydrogen-bond donors (Lipinski definition) is 1. The van der Waals surface area contributed by atoms with Crippen molar-refractivity contribution in [1.29, 1.82) is 5.26 Å². The lowest BCUT2D eigenvalue weighted by molar-refractivity contribution is -0.150. The molecule has 1 heterocycles. The van der Waals surface area contributed by atoms with Gasteiger partial charge in [-0.05, 0) is 25.1 Å². The fourth-order valence-corrected chi connectivity index (χ4v) is 2.13. The van der Waals surface area contributed by atoms with Crippen molar-refractivity contribution in [3.63, 3.8) is 0 Å². The second-order valence-corrected chi connectivity index (χ2v) is 4.76. The number of carbonyl (C=O) groups is 1. The quantitative estimate of drug-likeness (QED) is 0.889. The van der Waals surface area contributed by atoms with Crippen molar-refractivity contribution in [3.05, 3.63) is 29.6 Å². The van der Waals surface area contributed by atoms with E-state index in [-0.39, 0.29) is 12.2 Å². The van der Waals surface area contributed by atoms with Crippen LogP contribution in [-0.4, -0.2) is 36.4 Å². The second-order valence-electron chi connectivity index (χ2n) is 4.76. The molecule has 6 heteroatoms. The summed E-state index contributed by atoms with van der Waals surface area (Å²) in [5.74, 6) is -1.47. The van der Waals surface area contributed by atoms with Gasteiger partial charge in [0.15, 0.2) is 0 Å². The summed E-state index contributed by atoms with van der Waals surface area (Å²) < 4.78 is 18.3. The predicted molar refractivity (Wildman–Crippen MR) is 65.3 cm³/mol. The molecule has 0 bridgehead atoms. The molecule has 1 aliphatic heterocycles. The summed E-state index contributed by atoms with van der Waals surface area (Å²) in [7, 11) is 0. The van der Waals surface area contributed by atoms with E-state index in [0.29, 0.717) is 18.8 Å². The minimum atomic E-state index is -1.01. The van der Waals surface area contributed by atoms with Gasteiger partial charge < -0.3 is 14.7 Å². The van der Waals surface area contributed by atoms with Crippen molar-refractivity contribution in [3.8, 4) is 6.07 Å². The molecule has 1 fully saturated rings. The molecule has 1 aromatic rings. The number of hydrogen-bond acceptors (Lipinski definition) is 4. The zero-order chi connectivity index (χ0) is 14.0. The van der Waals surface area contributed by atoms with Crippen molar-refractivity contribution in [2.45, 2.75) is 12.5 Å². The van der Waals surface area contributed by atoms with Crippen molar-refractivity contribution in [2.24, 2.45) is 0 Å². The monoisotopic (exact) mass is 264 g/mol. The van der Waals surface area contributed by atoms with E-state index in [9.17, 15) is 9.18 Å². The molecule has 0 amide bonds. The zero-order valence-electron chi connectivity index (χ0n) is 10.4. The number of nitriles is 1. The number of aliphatic carboxylic acids is 1. The lowest BCUT2D eigenvalue weighted by Crippen LogP contribution is -2.62. The summed E-state index contributed by atoms with van der Waals surface area (Å²) in [5.41, 5.74) is 0.361. The summed E-state index contributed by atoms with van der Waals surface area (Å²) in [6.07, 6.45) is 0. The predicted octanol–water partition coefficient (Wildman–Crippen LogP) is 1.38. The molecule has 0 saturated carbocycles. The molecule has 0 unspecified atom stereocenters. The van der Waals surface area contributed by atoms with Crippen LogP contribution in [0.15, 0.2) is 18.2 Å². The number of halogens is 1. The lowest BCUT2D eigenvalue weighted by Gasteiger charge is -2.48. The van der Waals surface area contributed by atoms with E-state index >= 15 is 0 Å². The van der Waals surface area contributed by atoms with E-state index in [1.807, 2.05) is 17.9 Å². The maximum Gasteiger partial charge on any atom is 0.329 e. The summed E-state index contributed by atoms with van der Waals surface area (Å²) in [6, 6.07) is 5.97. The fourth-order valence-electron chi connectivity index (χ4n) is 2.13. The molecule has 1 N–H and O–H groups in total. The van der Waals surface area contributed by atoms with Crippen LogP contribution in [0.3, 0.4) is 0 Å². The van der Waals surface area contributed by atoms with Gasteiger partial charge in [0.1, 0.15) is 24.1 Å². The van der Waals surface area contributed by atoms with Crippen LogP contribution in [0.4, 0.5) is 10.1 Å². The maximum absolute atomic E-state index is 13.0. The Morgan fingerprint density at radius 3 is 2.89 bits per heavy atom. The summed E-state index contributed by atoms with van der Waals surface area (Å²) in [6.45, 7) is 2.40. The van der Waals surface area contributed by atoms with Gasteiger partial charge in [-0.15, -0.1) is 0 Å². The second kappa shape index (κ2) is 4.86. The molecule has 1 aromatic carbocycles.